The molecule has 7 nitrogen and oxygen atoms in total. The maximum atomic E-state index is 11.8. The molecule has 0 aromatic rings. The molecular weight excluding hydrogens is 276 g/mol. The Kier molecular flexibility index (Phi) is 5.71. The minimum atomic E-state index is -1.30. The van der Waals surface area contributed by atoms with E-state index in [4.69, 9.17) is 4.74 Å². The van der Waals surface area contributed by atoms with Crippen molar-refractivity contribution in [1.29, 1.82) is 0 Å². The van der Waals surface area contributed by atoms with Gasteiger partial charge in [0.05, 0.1) is 6.61 Å². The van der Waals surface area contributed by atoms with Gasteiger partial charge in [0.15, 0.2) is 5.54 Å². The molecule has 1 atom stereocenters. The van der Waals surface area contributed by atoms with E-state index in [-0.39, 0.29) is 31.3 Å². The molecule has 21 heavy (non-hydrogen) atoms. The van der Waals surface area contributed by atoms with Crippen molar-refractivity contribution in [3.05, 3.63) is 0 Å². The highest BCUT2D eigenvalue weighted by atomic mass is 16.5. The van der Waals surface area contributed by atoms with Gasteiger partial charge >= 0.3 is 5.97 Å². The third-order valence-electron chi connectivity index (χ3n) is 3.36. The van der Waals surface area contributed by atoms with Gasteiger partial charge in [-0.05, 0) is 6.42 Å². The standard InChI is InChI=1S/C14H24N2O5/c1-13(2,3)11(18)15-7-4-5-10(17)16-14(12(19)20)6-8-21-9-14/h4-9H2,1-3H3,(H,15,18)(H,16,17)(H,19,20). The Morgan fingerprint density at radius 2 is 1.95 bits per heavy atom. The summed E-state index contributed by atoms with van der Waals surface area (Å²) < 4.78 is 5.06. The number of carbonyl (C=O) groups is 3. The molecule has 1 aliphatic rings. The first-order valence-corrected chi connectivity index (χ1v) is 7.08. The Balaban J connectivity index is 2.31. The Morgan fingerprint density at radius 3 is 2.43 bits per heavy atom. The zero-order valence-electron chi connectivity index (χ0n) is 12.8. The predicted octanol–water partition coefficient (Wildman–Crippen LogP) is 0.289. The van der Waals surface area contributed by atoms with Crippen LogP contribution < -0.4 is 10.6 Å². The molecule has 1 fully saturated rings. The van der Waals surface area contributed by atoms with Gasteiger partial charge in [-0.3, -0.25) is 9.59 Å². The van der Waals surface area contributed by atoms with Crippen molar-refractivity contribution >= 4 is 17.8 Å². The van der Waals surface area contributed by atoms with Crippen molar-refractivity contribution in [3.8, 4) is 0 Å². The van der Waals surface area contributed by atoms with Crippen molar-refractivity contribution in [2.75, 3.05) is 19.8 Å². The van der Waals surface area contributed by atoms with Gasteiger partial charge in [0.2, 0.25) is 11.8 Å². The molecule has 0 aromatic heterocycles. The van der Waals surface area contributed by atoms with Crippen LogP contribution in [0.25, 0.3) is 0 Å². The number of rotatable bonds is 6. The number of nitrogens with one attached hydrogen (secondary N) is 2. The minimum Gasteiger partial charge on any atom is -0.479 e. The summed E-state index contributed by atoms with van der Waals surface area (Å²) in [7, 11) is 0. The van der Waals surface area contributed by atoms with Crippen LogP contribution in [-0.4, -0.2) is 48.2 Å². The Hall–Kier alpha value is -1.63. The van der Waals surface area contributed by atoms with Crippen LogP contribution in [-0.2, 0) is 19.1 Å². The summed E-state index contributed by atoms with van der Waals surface area (Å²) in [6.45, 7) is 6.15. The molecule has 1 unspecified atom stereocenters. The van der Waals surface area contributed by atoms with Crippen LogP contribution >= 0.6 is 0 Å². The SMILES string of the molecule is CC(C)(C)C(=O)NCCCC(=O)NC1(C(=O)O)CCOC1. The summed E-state index contributed by atoms with van der Waals surface area (Å²) >= 11 is 0. The van der Waals surface area contributed by atoms with Crippen molar-refractivity contribution < 1.29 is 24.2 Å². The highest BCUT2D eigenvalue weighted by molar-refractivity contribution is 5.87. The molecule has 0 saturated carbocycles. The fourth-order valence-electron chi connectivity index (χ4n) is 1.93. The summed E-state index contributed by atoms with van der Waals surface area (Å²) in [5, 5.41) is 14.5. The average Bonchev–Trinajstić information content (AvgIpc) is 2.83. The van der Waals surface area contributed by atoms with Crippen molar-refractivity contribution in [2.24, 2.45) is 5.41 Å². The number of hydrogen-bond donors (Lipinski definition) is 3. The minimum absolute atomic E-state index is 0.00513. The second kappa shape index (κ2) is 6.89. The molecule has 1 saturated heterocycles. The van der Waals surface area contributed by atoms with E-state index in [1.54, 1.807) is 0 Å². The zero-order valence-corrected chi connectivity index (χ0v) is 12.8. The molecule has 1 heterocycles. The molecule has 1 aliphatic heterocycles. The van der Waals surface area contributed by atoms with Gasteiger partial charge in [-0.15, -0.1) is 0 Å². The van der Waals surface area contributed by atoms with Gasteiger partial charge in [-0.1, -0.05) is 20.8 Å². The van der Waals surface area contributed by atoms with Crippen LogP contribution in [0.2, 0.25) is 0 Å². The molecule has 0 aliphatic carbocycles. The number of carboxylic acid groups (broad SMARTS) is 1. The fraction of sp³-hybridized carbons (Fsp3) is 0.786. The number of ether oxygens (including phenoxy) is 1. The van der Waals surface area contributed by atoms with E-state index in [0.717, 1.165) is 0 Å². The largest absolute Gasteiger partial charge is 0.479 e. The Bertz CT molecular complexity index is 408. The molecule has 1 rings (SSSR count). The molecule has 120 valence electrons. The highest BCUT2D eigenvalue weighted by Gasteiger charge is 2.43. The number of amides is 2. The molecule has 7 heteroatoms. The first kappa shape index (κ1) is 17.4. The molecule has 3 N–H and O–H groups in total. The molecule has 0 aromatic carbocycles. The third-order valence-corrected chi connectivity index (χ3v) is 3.36. The van der Waals surface area contributed by atoms with Gasteiger partial charge in [0, 0.05) is 31.4 Å². The second-order valence-corrected chi connectivity index (χ2v) is 6.35. The van der Waals surface area contributed by atoms with E-state index >= 15 is 0 Å². The molecule has 2 amide bonds. The third kappa shape index (κ3) is 5.00. The highest BCUT2D eigenvalue weighted by Crippen LogP contribution is 2.19. The summed E-state index contributed by atoms with van der Waals surface area (Å²) in [6, 6.07) is 0. The molecular formula is C14H24N2O5. The van der Waals surface area contributed by atoms with Gasteiger partial charge in [0.25, 0.3) is 0 Å². The molecule has 0 spiro atoms. The molecule has 0 radical (unpaired) electrons. The summed E-state index contributed by atoms with van der Waals surface area (Å²) in [6.07, 6.45) is 0.901. The van der Waals surface area contributed by atoms with Crippen molar-refractivity contribution in [2.45, 2.75) is 45.6 Å². The number of carbonyl (C=O) groups excluding carboxylic acids is 2. The van der Waals surface area contributed by atoms with Crippen LogP contribution in [0.4, 0.5) is 0 Å². The number of aliphatic carboxylic acids is 1. The lowest BCUT2D eigenvalue weighted by atomic mass is 9.96. The maximum Gasteiger partial charge on any atom is 0.331 e. The average molecular weight is 300 g/mol. The van der Waals surface area contributed by atoms with E-state index in [1.165, 1.54) is 0 Å². The van der Waals surface area contributed by atoms with Crippen LogP contribution in [0.15, 0.2) is 0 Å². The fourth-order valence-corrected chi connectivity index (χ4v) is 1.93. The molecule has 0 bridgehead atoms. The van der Waals surface area contributed by atoms with Gasteiger partial charge in [0.1, 0.15) is 0 Å². The lowest BCUT2D eigenvalue weighted by Crippen LogP contribution is -2.55. The van der Waals surface area contributed by atoms with Gasteiger partial charge in [-0.2, -0.15) is 0 Å². The maximum absolute atomic E-state index is 11.8. The quantitative estimate of drug-likeness (QED) is 0.611. The zero-order chi connectivity index (χ0) is 16.1. The number of carboxylic acids is 1. The van der Waals surface area contributed by atoms with Crippen molar-refractivity contribution in [3.63, 3.8) is 0 Å². The summed E-state index contributed by atoms with van der Waals surface area (Å²) in [4.78, 5) is 34.7. The van der Waals surface area contributed by atoms with Crippen LogP contribution in [0, 0.1) is 5.41 Å². The Morgan fingerprint density at radius 1 is 1.29 bits per heavy atom. The lowest BCUT2D eigenvalue weighted by Gasteiger charge is -2.23. The normalized spacial score (nSPS) is 21.9. The van der Waals surface area contributed by atoms with E-state index in [1.807, 2.05) is 20.8 Å². The van der Waals surface area contributed by atoms with E-state index < -0.39 is 16.9 Å². The first-order valence-electron chi connectivity index (χ1n) is 7.08. The first-order chi connectivity index (χ1) is 9.67. The predicted molar refractivity (Wildman–Crippen MR) is 75.6 cm³/mol. The smallest absolute Gasteiger partial charge is 0.331 e. The summed E-state index contributed by atoms with van der Waals surface area (Å²) in [5.74, 6) is -1.49. The Labute approximate surface area is 124 Å². The van der Waals surface area contributed by atoms with Gasteiger partial charge < -0.3 is 20.5 Å². The van der Waals surface area contributed by atoms with Gasteiger partial charge in [-0.25, -0.2) is 4.79 Å². The van der Waals surface area contributed by atoms with E-state index in [9.17, 15) is 19.5 Å². The van der Waals surface area contributed by atoms with Crippen LogP contribution in [0.3, 0.4) is 0 Å². The monoisotopic (exact) mass is 300 g/mol. The van der Waals surface area contributed by atoms with Crippen LogP contribution in [0.1, 0.15) is 40.0 Å². The lowest BCUT2D eigenvalue weighted by molar-refractivity contribution is -0.147. The van der Waals surface area contributed by atoms with Crippen LogP contribution in [0.5, 0.6) is 0 Å². The summed E-state index contributed by atoms with van der Waals surface area (Å²) in [5.41, 5.74) is -1.76. The van der Waals surface area contributed by atoms with E-state index in [0.29, 0.717) is 19.6 Å². The second-order valence-electron chi connectivity index (χ2n) is 6.35. The van der Waals surface area contributed by atoms with Crippen molar-refractivity contribution in [1.82, 2.24) is 10.6 Å². The topological polar surface area (TPSA) is 105 Å². The van der Waals surface area contributed by atoms with E-state index in [2.05, 4.69) is 10.6 Å². The number of hydrogen-bond acceptors (Lipinski definition) is 4.